The first kappa shape index (κ1) is 19.5. The van der Waals surface area contributed by atoms with Crippen LogP contribution in [0.3, 0.4) is 0 Å². The van der Waals surface area contributed by atoms with Crippen molar-refractivity contribution in [2.24, 2.45) is 0 Å². The number of aromatic nitrogens is 1. The number of oxazole rings is 1. The predicted octanol–water partition coefficient (Wildman–Crippen LogP) is 1.91. The molecule has 1 amide bonds. The number of rotatable bonds is 5. The molecular weight excluding hydrogens is 373 g/mol. The lowest BCUT2D eigenvalue weighted by molar-refractivity contribution is -0.131. The van der Waals surface area contributed by atoms with Crippen molar-refractivity contribution in [3.8, 4) is 11.3 Å². The van der Waals surface area contributed by atoms with E-state index < -0.39 is 10.0 Å². The van der Waals surface area contributed by atoms with E-state index in [1.54, 1.807) is 23.2 Å². The van der Waals surface area contributed by atoms with E-state index in [0.717, 1.165) is 5.56 Å². The highest BCUT2D eigenvalue weighted by Gasteiger charge is 2.23. The molecule has 0 N–H and O–H groups in total. The van der Waals surface area contributed by atoms with Crippen molar-refractivity contribution in [2.45, 2.75) is 19.3 Å². The third-order valence-corrected chi connectivity index (χ3v) is 5.81. The van der Waals surface area contributed by atoms with Crippen molar-refractivity contribution in [1.29, 1.82) is 0 Å². The molecule has 1 aliphatic rings. The number of nitrogens with zero attached hydrogens (tertiary/aromatic N) is 3. The van der Waals surface area contributed by atoms with Crippen LogP contribution in [0.25, 0.3) is 11.3 Å². The third kappa shape index (κ3) is 5.14. The molecular formula is C18H22FN3O4S. The van der Waals surface area contributed by atoms with E-state index >= 15 is 0 Å². The molecule has 0 aliphatic carbocycles. The number of aryl methyl sites for hydroxylation is 1. The zero-order valence-corrected chi connectivity index (χ0v) is 15.9. The molecule has 1 aromatic carbocycles. The molecule has 3 rings (SSSR count). The van der Waals surface area contributed by atoms with Crippen LogP contribution < -0.4 is 0 Å². The summed E-state index contributed by atoms with van der Waals surface area (Å²) in [5, 5.41) is 0. The summed E-state index contributed by atoms with van der Waals surface area (Å²) in [7, 11) is -3.23. The molecule has 1 fully saturated rings. The van der Waals surface area contributed by atoms with Crippen LogP contribution in [0.1, 0.15) is 18.7 Å². The lowest BCUT2D eigenvalue weighted by Crippen LogP contribution is -2.37. The van der Waals surface area contributed by atoms with Gasteiger partial charge in [-0.1, -0.05) is 0 Å². The lowest BCUT2D eigenvalue weighted by Gasteiger charge is -2.20. The van der Waals surface area contributed by atoms with Gasteiger partial charge >= 0.3 is 0 Å². The summed E-state index contributed by atoms with van der Waals surface area (Å²) in [4.78, 5) is 18.3. The van der Waals surface area contributed by atoms with Gasteiger partial charge in [-0.15, -0.1) is 0 Å². The van der Waals surface area contributed by atoms with Gasteiger partial charge < -0.3 is 9.32 Å². The average Bonchev–Trinajstić information content (AvgIpc) is 2.94. The van der Waals surface area contributed by atoms with Crippen LogP contribution in [0.4, 0.5) is 4.39 Å². The van der Waals surface area contributed by atoms with Crippen LogP contribution in [0.5, 0.6) is 0 Å². The molecule has 0 spiro atoms. The summed E-state index contributed by atoms with van der Waals surface area (Å²) < 4.78 is 43.3. The Labute approximate surface area is 157 Å². The van der Waals surface area contributed by atoms with Gasteiger partial charge in [0, 0.05) is 44.6 Å². The Morgan fingerprint density at radius 2 is 1.93 bits per heavy atom. The van der Waals surface area contributed by atoms with Gasteiger partial charge in [-0.3, -0.25) is 4.79 Å². The number of carbonyl (C=O) groups excluding carboxylic acids is 1. The Morgan fingerprint density at radius 3 is 2.63 bits per heavy atom. The highest BCUT2D eigenvalue weighted by molar-refractivity contribution is 7.88. The normalized spacial score (nSPS) is 16.3. The van der Waals surface area contributed by atoms with Crippen molar-refractivity contribution in [3.63, 3.8) is 0 Å². The van der Waals surface area contributed by atoms with Crippen molar-refractivity contribution >= 4 is 15.9 Å². The molecule has 0 atom stereocenters. The van der Waals surface area contributed by atoms with Gasteiger partial charge in [0.25, 0.3) is 0 Å². The van der Waals surface area contributed by atoms with Gasteiger partial charge in [0.05, 0.1) is 12.5 Å². The average molecular weight is 395 g/mol. The minimum atomic E-state index is -3.23. The number of hydrogen-bond donors (Lipinski definition) is 0. The van der Waals surface area contributed by atoms with Crippen LogP contribution in [-0.4, -0.2) is 60.9 Å². The molecule has 9 heteroatoms. The minimum absolute atomic E-state index is 0.0492. The molecule has 0 radical (unpaired) electrons. The third-order valence-electron chi connectivity index (χ3n) is 4.51. The number of benzene rings is 1. The van der Waals surface area contributed by atoms with E-state index in [2.05, 4.69) is 4.98 Å². The summed E-state index contributed by atoms with van der Waals surface area (Å²) >= 11 is 0. The van der Waals surface area contributed by atoms with Crippen LogP contribution in [0.15, 0.2) is 34.9 Å². The van der Waals surface area contributed by atoms with E-state index in [9.17, 15) is 17.6 Å². The number of carbonyl (C=O) groups is 1. The monoisotopic (exact) mass is 395 g/mol. The summed E-state index contributed by atoms with van der Waals surface area (Å²) in [5.74, 6) is 0.592. The molecule has 27 heavy (non-hydrogen) atoms. The predicted molar refractivity (Wildman–Crippen MR) is 97.8 cm³/mol. The van der Waals surface area contributed by atoms with Crippen LogP contribution >= 0.6 is 0 Å². The van der Waals surface area contributed by atoms with Crippen molar-refractivity contribution < 1.29 is 22.0 Å². The number of sulfonamides is 1. The summed E-state index contributed by atoms with van der Waals surface area (Å²) in [6.07, 6.45) is 3.95. The zero-order valence-electron chi connectivity index (χ0n) is 15.1. The topological polar surface area (TPSA) is 83.7 Å². The molecule has 0 unspecified atom stereocenters. The molecule has 7 nitrogen and oxygen atoms in total. The summed E-state index contributed by atoms with van der Waals surface area (Å²) in [6.45, 7) is 1.68. The molecule has 1 aliphatic heterocycles. The molecule has 1 aromatic heterocycles. The van der Waals surface area contributed by atoms with Gasteiger partial charge in [-0.2, -0.15) is 0 Å². The highest BCUT2D eigenvalue weighted by Crippen LogP contribution is 2.21. The van der Waals surface area contributed by atoms with Gasteiger partial charge in [-0.25, -0.2) is 22.1 Å². The smallest absolute Gasteiger partial charge is 0.223 e. The van der Waals surface area contributed by atoms with E-state index in [4.69, 9.17) is 4.42 Å². The first-order chi connectivity index (χ1) is 12.8. The van der Waals surface area contributed by atoms with Crippen LogP contribution in [0.2, 0.25) is 0 Å². The van der Waals surface area contributed by atoms with E-state index in [-0.39, 0.29) is 18.1 Å². The fourth-order valence-electron chi connectivity index (χ4n) is 3.02. The Hall–Kier alpha value is -2.26. The van der Waals surface area contributed by atoms with Crippen LogP contribution in [-0.2, 0) is 21.2 Å². The van der Waals surface area contributed by atoms with Gasteiger partial charge in [-0.05, 0) is 30.7 Å². The van der Waals surface area contributed by atoms with E-state index in [0.29, 0.717) is 50.7 Å². The standard InChI is InChI=1S/C18H22FN3O4S/c1-27(24,25)22-10-2-9-21(11-12-22)18(23)8-7-17-20-13-16(26-17)14-3-5-15(19)6-4-14/h3-6,13H,2,7-12H2,1H3. The largest absolute Gasteiger partial charge is 0.441 e. The maximum absolute atomic E-state index is 13.0. The van der Waals surface area contributed by atoms with Gasteiger partial charge in [0.1, 0.15) is 5.82 Å². The Kier molecular flexibility index (Phi) is 5.91. The zero-order chi connectivity index (χ0) is 19.4. The maximum Gasteiger partial charge on any atom is 0.223 e. The van der Waals surface area contributed by atoms with Crippen LogP contribution in [0, 0.1) is 5.82 Å². The fourth-order valence-corrected chi connectivity index (χ4v) is 3.89. The SMILES string of the molecule is CS(=O)(=O)N1CCCN(C(=O)CCc2ncc(-c3ccc(F)cc3)o2)CC1. The molecule has 2 aromatic rings. The van der Waals surface area contributed by atoms with E-state index in [1.165, 1.54) is 22.7 Å². The number of halogens is 1. The van der Waals surface area contributed by atoms with Gasteiger partial charge in [0.2, 0.25) is 15.9 Å². The van der Waals surface area contributed by atoms with Crippen molar-refractivity contribution in [2.75, 3.05) is 32.4 Å². The summed E-state index contributed by atoms with van der Waals surface area (Å²) in [6, 6.07) is 5.91. The molecule has 0 bridgehead atoms. The molecule has 1 saturated heterocycles. The Morgan fingerprint density at radius 1 is 1.19 bits per heavy atom. The van der Waals surface area contributed by atoms with Crippen molar-refractivity contribution in [3.05, 3.63) is 42.2 Å². The van der Waals surface area contributed by atoms with E-state index in [1.807, 2.05) is 0 Å². The first-order valence-electron chi connectivity index (χ1n) is 8.76. The molecule has 0 saturated carbocycles. The molecule has 146 valence electrons. The minimum Gasteiger partial charge on any atom is -0.441 e. The van der Waals surface area contributed by atoms with Crippen molar-refractivity contribution in [1.82, 2.24) is 14.2 Å². The van der Waals surface area contributed by atoms with Gasteiger partial charge in [0.15, 0.2) is 11.7 Å². The number of hydrogen-bond acceptors (Lipinski definition) is 5. The second kappa shape index (κ2) is 8.18. The first-order valence-corrected chi connectivity index (χ1v) is 10.6. The Balaban J connectivity index is 1.54. The Bertz CT molecular complexity index is 896. The second-order valence-corrected chi connectivity index (χ2v) is 8.50. The lowest BCUT2D eigenvalue weighted by atomic mass is 10.2. The fraction of sp³-hybridized carbons (Fsp3) is 0.444. The highest BCUT2D eigenvalue weighted by atomic mass is 32.2. The maximum atomic E-state index is 13.0. The summed E-state index contributed by atoms with van der Waals surface area (Å²) in [5.41, 5.74) is 0.717. The number of amides is 1. The molecule has 2 heterocycles. The second-order valence-electron chi connectivity index (χ2n) is 6.52. The quantitative estimate of drug-likeness (QED) is 0.772.